The molecule has 0 amide bonds. The molecule has 0 radical (unpaired) electrons. The van der Waals surface area contributed by atoms with Gasteiger partial charge in [-0.2, -0.15) is 0 Å². The van der Waals surface area contributed by atoms with Gasteiger partial charge >= 0.3 is 0 Å². The third-order valence-corrected chi connectivity index (χ3v) is 4.78. The van der Waals surface area contributed by atoms with Gasteiger partial charge in [-0.1, -0.05) is 54.1 Å². The van der Waals surface area contributed by atoms with Crippen LogP contribution in [0.4, 0.5) is 0 Å². The number of carbonyl (C=O) groups excluding carboxylic acids is 1. The molecule has 1 aliphatic carbocycles. The van der Waals surface area contributed by atoms with Crippen LogP contribution in [0.5, 0.6) is 0 Å². The number of ketones is 1. The summed E-state index contributed by atoms with van der Waals surface area (Å²) in [5, 5.41) is 11.7. The van der Waals surface area contributed by atoms with Crippen LogP contribution in [-0.2, 0) is 4.79 Å². The van der Waals surface area contributed by atoms with Crippen LogP contribution in [0, 0.1) is 16.0 Å². The van der Waals surface area contributed by atoms with E-state index in [1.54, 1.807) is 12.1 Å². The first-order valence-corrected chi connectivity index (χ1v) is 7.89. The van der Waals surface area contributed by atoms with Gasteiger partial charge in [0.25, 0.3) is 0 Å². The molecule has 5 heteroatoms. The van der Waals surface area contributed by atoms with Crippen LogP contribution in [0.15, 0.2) is 54.6 Å². The first kappa shape index (κ1) is 15.7. The lowest BCUT2D eigenvalue weighted by molar-refractivity contribution is -0.484. The van der Waals surface area contributed by atoms with Gasteiger partial charge in [-0.15, -0.1) is 0 Å². The number of halogens is 1. The van der Waals surface area contributed by atoms with Crippen molar-refractivity contribution < 1.29 is 9.72 Å². The maximum absolute atomic E-state index is 12.2. The number of benzene rings is 2. The van der Waals surface area contributed by atoms with E-state index in [1.807, 2.05) is 42.5 Å². The molecule has 1 aliphatic rings. The predicted octanol–water partition coefficient (Wildman–Crippen LogP) is 4.07. The SMILES string of the molecule is O=C1C[C@@H](c2ccc(Cl)cc2)[C@@H]1[C@H](C[N+](=O)[O-])c1ccccc1. The molecule has 3 atom stereocenters. The molecule has 0 heterocycles. The van der Waals surface area contributed by atoms with Crippen LogP contribution in [0.1, 0.15) is 29.4 Å². The van der Waals surface area contributed by atoms with E-state index in [1.165, 1.54) is 0 Å². The quantitative estimate of drug-likeness (QED) is 0.613. The van der Waals surface area contributed by atoms with Crippen molar-refractivity contribution in [3.63, 3.8) is 0 Å². The van der Waals surface area contributed by atoms with Crippen molar-refractivity contribution in [3.8, 4) is 0 Å². The van der Waals surface area contributed by atoms with Crippen LogP contribution in [0.2, 0.25) is 5.02 Å². The van der Waals surface area contributed by atoms with Crippen molar-refractivity contribution in [2.45, 2.75) is 18.3 Å². The Morgan fingerprint density at radius 3 is 2.35 bits per heavy atom. The predicted molar refractivity (Wildman–Crippen MR) is 88.4 cm³/mol. The average molecular weight is 330 g/mol. The third kappa shape index (κ3) is 3.27. The maximum Gasteiger partial charge on any atom is 0.211 e. The molecule has 0 aromatic heterocycles. The summed E-state index contributed by atoms with van der Waals surface area (Å²) < 4.78 is 0. The number of carbonyl (C=O) groups is 1. The van der Waals surface area contributed by atoms with E-state index in [2.05, 4.69) is 0 Å². The molecule has 1 saturated carbocycles. The van der Waals surface area contributed by atoms with Crippen LogP contribution >= 0.6 is 11.6 Å². The number of hydrogen-bond acceptors (Lipinski definition) is 3. The minimum Gasteiger partial charge on any atom is -0.299 e. The minimum atomic E-state index is -0.395. The van der Waals surface area contributed by atoms with Gasteiger partial charge in [0, 0.05) is 28.2 Å². The zero-order chi connectivity index (χ0) is 16.4. The first-order chi connectivity index (χ1) is 11.1. The Morgan fingerprint density at radius 2 is 1.78 bits per heavy atom. The number of Topliss-reactive ketones (excluding diaryl/α,β-unsaturated/α-hetero) is 1. The summed E-state index contributed by atoms with van der Waals surface area (Å²) in [7, 11) is 0. The molecule has 118 valence electrons. The van der Waals surface area contributed by atoms with Crippen molar-refractivity contribution in [3.05, 3.63) is 80.9 Å². The van der Waals surface area contributed by atoms with Crippen molar-refractivity contribution in [1.29, 1.82) is 0 Å². The van der Waals surface area contributed by atoms with E-state index in [4.69, 9.17) is 11.6 Å². The highest BCUT2D eigenvalue weighted by molar-refractivity contribution is 6.30. The van der Waals surface area contributed by atoms with Gasteiger partial charge in [0.15, 0.2) is 0 Å². The van der Waals surface area contributed by atoms with Crippen LogP contribution in [0.3, 0.4) is 0 Å². The minimum absolute atomic E-state index is 0.0184. The lowest BCUT2D eigenvalue weighted by Crippen LogP contribution is -2.41. The Balaban J connectivity index is 1.92. The summed E-state index contributed by atoms with van der Waals surface area (Å²) in [5.41, 5.74) is 1.87. The molecule has 0 bridgehead atoms. The van der Waals surface area contributed by atoms with Crippen molar-refractivity contribution >= 4 is 17.4 Å². The van der Waals surface area contributed by atoms with Crippen molar-refractivity contribution in [2.75, 3.05) is 6.54 Å². The highest BCUT2D eigenvalue weighted by Gasteiger charge is 2.47. The topological polar surface area (TPSA) is 60.2 Å². The Hall–Kier alpha value is -2.20. The van der Waals surface area contributed by atoms with Gasteiger partial charge in [-0.25, -0.2) is 0 Å². The lowest BCUT2D eigenvalue weighted by Gasteiger charge is -2.39. The van der Waals surface area contributed by atoms with Crippen LogP contribution in [-0.4, -0.2) is 17.3 Å². The number of rotatable bonds is 5. The number of nitrogens with zero attached hydrogens (tertiary/aromatic N) is 1. The second kappa shape index (κ2) is 6.50. The smallest absolute Gasteiger partial charge is 0.211 e. The van der Waals surface area contributed by atoms with Gasteiger partial charge in [0.1, 0.15) is 5.78 Å². The fourth-order valence-corrected chi connectivity index (χ4v) is 3.50. The van der Waals surface area contributed by atoms with Gasteiger partial charge < -0.3 is 0 Å². The summed E-state index contributed by atoms with van der Waals surface area (Å²) in [6, 6.07) is 16.7. The largest absolute Gasteiger partial charge is 0.299 e. The van der Waals surface area contributed by atoms with Gasteiger partial charge in [-0.05, 0) is 23.3 Å². The zero-order valence-electron chi connectivity index (χ0n) is 12.4. The summed E-state index contributed by atoms with van der Waals surface area (Å²) in [6.07, 6.45) is 0.438. The molecule has 23 heavy (non-hydrogen) atoms. The molecule has 4 nitrogen and oxygen atoms in total. The van der Waals surface area contributed by atoms with Crippen molar-refractivity contribution in [2.24, 2.45) is 5.92 Å². The molecule has 2 aromatic rings. The Bertz CT molecular complexity index is 715. The third-order valence-electron chi connectivity index (χ3n) is 4.53. The molecule has 1 fully saturated rings. The fraction of sp³-hybridized carbons (Fsp3) is 0.278. The lowest BCUT2D eigenvalue weighted by atomic mass is 9.62. The number of nitro groups is 1. The van der Waals surface area contributed by atoms with Gasteiger partial charge in [-0.3, -0.25) is 14.9 Å². The second-order valence-electron chi connectivity index (χ2n) is 5.89. The Kier molecular flexibility index (Phi) is 4.44. The standard InChI is InChI=1S/C18H16ClNO3/c19-14-8-6-13(7-9-14)15-10-17(21)18(15)16(11-20(22)23)12-4-2-1-3-5-12/h1-9,15-16,18H,10-11H2/t15-,16+,18+/m0/s1. The molecule has 2 aromatic carbocycles. The van der Waals surface area contributed by atoms with Gasteiger partial charge in [0.05, 0.1) is 5.92 Å². The molecular formula is C18H16ClNO3. The molecule has 0 aliphatic heterocycles. The fourth-order valence-electron chi connectivity index (χ4n) is 3.37. The summed E-state index contributed by atoms with van der Waals surface area (Å²) in [6.45, 7) is -0.232. The molecule has 0 saturated heterocycles. The highest BCUT2D eigenvalue weighted by Crippen LogP contribution is 2.47. The summed E-state index contributed by atoms with van der Waals surface area (Å²) in [5.74, 6) is -0.623. The molecular weight excluding hydrogens is 314 g/mol. The van der Waals surface area contributed by atoms with Crippen molar-refractivity contribution in [1.82, 2.24) is 0 Å². The molecule has 3 rings (SSSR count). The van der Waals surface area contributed by atoms with E-state index < -0.39 is 5.92 Å². The maximum atomic E-state index is 12.2. The van der Waals surface area contributed by atoms with E-state index in [9.17, 15) is 14.9 Å². The van der Waals surface area contributed by atoms with E-state index in [0.29, 0.717) is 11.4 Å². The van der Waals surface area contributed by atoms with E-state index >= 15 is 0 Å². The summed E-state index contributed by atoms with van der Waals surface area (Å²) in [4.78, 5) is 23.0. The van der Waals surface area contributed by atoms with Crippen LogP contribution in [0.25, 0.3) is 0 Å². The zero-order valence-corrected chi connectivity index (χ0v) is 13.1. The van der Waals surface area contributed by atoms with Gasteiger partial charge in [0.2, 0.25) is 6.54 Å². The highest BCUT2D eigenvalue weighted by atomic mass is 35.5. The average Bonchev–Trinajstić information content (AvgIpc) is 2.53. The molecule has 0 unspecified atom stereocenters. The monoisotopic (exact) mass is 329 g/mol. The normalized spacial score (nSPS) is 21.5. The molecule has 0 N–H and O–H groups in total. The van der Waals surface area contributed by atoms with E-state index in [-0.39, 0.29) is 29.1 Å². The molecule has 0 spiro atoms. The first-order valence-electron chi connectivity index (χ1n) is 7.51. The Labute approximate surface area is 139 Å². The summed E-state index contributed by atoms with van der Waals surface area (Å²) >= 11 is 5.91. The Morgan fingerprint density at radius 1 is 1.13 bits per heavy atom. The van der Waals surface area contributed by atoms with Crippen LogP contribution < -0.4 is 0 Å². The second-order valence-corrected chi connectivity index (χ2v) is 6.32. The number of hydrogen-bond donors (Lipinski definition) is 0. The van der Waals surface area contributed by atoms with E-state index in [0.717, 1.165) is 11.1 Å².